The van der Waals surface area contributed by atoms with E-state index in [1.54, 1.807) is 0 Å². The van der Waals surface area contributed by atoms with Crippen molar-refractivity contribution in [3.8, 4) is 0 Å². The Bertz CT molecular complexity index is 424. The van der Waals surface area contributed by atoms with Crippen LogP contribution in [0, 0.1) is 12.3 Å². The topological polar surface area (TPSA) is 35.2 Å². The van der Waals surface area contributed by atoms with Gasteiger partial charge in [-0.1, -0.05) is 35.8 Å². The summed E-state index contributed by atoms with van der Waals surface area (Å²) in [5.41, 5.74) is 8.76. The van der Waals surface area contributed by atoms with Crippen LogP contribution in [0.4, 0.5) is 0 Å². The molecule has 2 nitrogen and oxygen atoms in total. The van der Waals surface area contributed by atoms with Gasteiger partial charge in [-0.05, 0) is 42.1 Å². The Labute approximate surface area is 112 Å². The second-order valence-corrected chi connectivity index (χ2v) is 6.54. The summed E-state index contributed by atoms with van der Waals surface area (Å²) in [6.45, 7) is 8.84. The van der Waals surface area contributed by atoms with Gasteiger partial charge >= 0.3 is 0 Å². The van der Waals surface area contributed by atoms with Gasteiger partial charge in [0.1, 0.15) is 0 Å². The first-order valence-corrected chi connectivity index (χ1v) is 6.77. The molecule has 1 aromatic carbocycles. The summed E-state index contributed by atoms with van der Waals surface area (Å²) in [6, 6.07) is 6.46. The molecule has 1 saturated heterocycles. The van der Waals surface area contributed by atoms with Gasteiger partial charge in [-0.25, -0.2) is 0 Å². The predicted molar refractivity (Wildman–Crippen MR) is 74.2 cm³/mol. The van der Waals surface area contributed by atoms with E-state index in [2.05, 4.69) is 54.9 Å². The van der Waals surface area contributed by atoms with E-state index >= 15 is 0 Å². The summed E-state index contributed by atoms with van der Waals surface area (Å²) in [6.07, 6.45) is 0. The lowest BCUT2D eigenvalue weighted by Crippen LogP contribution is -2.59. The third kappa shape index (κ3) is 1.94. The Morgan fingerprint density at radius 3 is 2.53 bits per heavy atom. The average molecular weight is 298 g/mol. The standard InChI is InChI=1S/C14H20BrNO/c1-10-4-5-11(15)6-12(10)14(8-17-9-14)13(2,3)7-16/h4-6H,7-9,16H2,1-3H3. The van der Waals surface area contributed by atoms with Crippen molar-refractivity contribution in [3.63, 3.8) is 0 Å². The molecule has 0 saturated carbocycles. The highest BCUT2D eigenvalue weighted by Gasteiger charge is 2.52. The second-order valence-electron chi connectivity index (χ2n) is 5.62. The minimum Gasteiger partial charge on any atom is -0.379 e. The van der Waals surface area contributed by atoms with Crippen LogP contribution in [0.5, 0.6) is 0 Å². The third-order valence-corrected chi connectivity index (χ3v) is 4.71. The molecule has 0 amide bonds. The number of nitrogens with two attached hydrogens (primary N) is 1. The molecule has 0 radical (unpaired) electrons. The van der Waals surface area contributed by atoms with E-state index in [-0.39, 0.29) is 10.8 Å². The van der Waals surface area contributed by atoms with E-state index in [1.165, 1.54) is 11.1 Å². The van der Waals surface area contributed by atoms with Gasteiger partial charge in [-0.3, -0.25) is 0 Å². The van der Waals surface area contributed by atoms with Crippen LogP contribution in [0.15, 0.2) is 22.7 Å². The van der Waals surface area contributed by atoms with E-state index in [0.717, 1.165) is 17.7 Å². The molecule has 0 spiro atoms. The third-order valence-electron chi connectivity index (χ3n) is 4.22. The first kappa shape index (κ1) is 13.1. The van der Waals surface area contributed by atoms with Crippen LogP contribution in [0.2, 0.25) is 0 Å². The lowest BCUT2D eigenvalue weighted by Gasteiger charge is -2.53. The lowest BCUT2D eigenvalue weighted by atomic mass is 9.59. The van der Waals surface area contributed by atoms with Crippen molar-refractivity contribution in [2.24, 2.45) is 11.1 Å². The SMILES string of the molecule is Cc1ccc(Br)cc1C1(C(C)(C)CN)COC1. The van der Waals surface area contributed by atoms with Crippen molar-refractivity contribution < 1.29 is 4.74 Å². The number of benzene rings is 1. The molecule has 17 heavy (non-hydrogen) atoms. The Hall–Kier alpha value is -0.380. The van der Waals surface area contributed by atoms with Gasteiger partial charge in [0, 0.05) is 9.89 Å². The highest BCUT2D eigenvalue weighted by molar-refractivity contribution is 9.10. The first-order valence-electron chi connectivity index (χ1n) is 5.97. The summed E-state index contributed by atoms with van der Waals surface area (Å²) < 4.78 is 6.63. The van der Waals surface area contributed by atoms with Crippen molar-refractivity contribution >= 4 is 15.9 Å². The number of halogens is 1. The zero-order valence-electron chi connectivity index (χ0n) is 10.7. The van der Waals surface area contributed by atoms with Gasteiger partial charge in [0.05, 0.1) is 13.2 Å². The summed E-state index contributed by atoms with van der Waals surface area (Å²) >= 11 is 3.56. The molecule has 0 aliphatic carbocycles. The van der Waals surface area contributed by atoms with Crippen LogP contribution >= 0.6 is 15.9 Å². The molecule has 94 valence electrons. The summed E-state index contributed by atoms with van der Waals surface area (Å²) in [4.78, 5) is 0. The van der Waals surface area contributed by atoms with Crippen LogP contribution in [-0.4, -0.2) is 19.8 Å². The fourth-order valence-electron chi connectivity index (χ4n) is 2.52. The van der Waals surface area contributed by atoms with E-state index in [4.69, 9.17) is 10.5 Å². The van der Waals surface area contributed by atoms with Crippen LogP contribution in [-0.2, 0) is 10.2 Å². The Balaban J connectivity index is 2.52. The normalized spacial score (nSPS) is 18.9. The fourth-order valence-corrected chi connectivity index (χ4v) is 2.88. The van der Waals surface area contributed by atoms with E-state index < -0.39 is 0 Å². The smallest absolute Gasteiger partial charge is 0.0591 e. The zero-order valence-corrected chi connectivity index (χ0v) is 12.3. The molecular weight excluding hydrogens is 278 g/mol. The number of ether oxygens (including phenoxy) is 1. The Kier molecular flexibility index (Phi) is 3.36. The molecule has 0 atom stereocenters. The molecule has 0 unspecified atom stereocenters. The van der Waals surface area contributed by atoms with Crippen LogP contribution < -0.4 is 5.73 Å². The Morgan fingerprint density at radius 1 is 1.41 bits per heavy atom. The monoisotopic (exact) mass is 297 g/mol. The molecule has 2 N–H and O–H groups in total. The van der Waals surface area contributed by atoms with Gasteiger partial charge in [0.2, 0.25) is 0 Å². The van der Waals surface area contributed by atoms with Crippen molar-refractivity contribution in [2.45, 2.75) is 26.2 Å². The molecule has 0 aromatic heterocycles. The number of hydrogen-bond acceptors (Lipinski definition) is 2. The fraction of sp³-hybridized carbons (Fsp3) is 0.571. The molecule has 1 aliphatic rings. The minimum atomic E-state index is 0.0524. The van der Waals surface area contributed by atoms with Crippen molar-refractivity contribution in [2.75, 3.05) is 19.8 Å². The molecular formula is C14H20BrNO. The van der Waals surface area contributed by atoms with E-state index in [9.17, 15) is 0 Å². The first-order chi connectivity index (χ1) is 7.93. The Morgan fingerprint density at radius 2 is 2.06 bits per heavy atom. The van der Waals surface area contributed by atoms with Crippen molar-refractivity contribution in [1.82, 2.24) is 0 Å². The zero-order chi connectivity index (χ0) is 12.7. The van der Waals surface area contributed by atoms with E-state index in [1.807, 2.05) is 0 Å². The molecule has 3 heteroatoms. The molecule has 1 aromatic rings. The van der Waals surface area contributed by atoms with E-state index in [0.29, 0.717) is 6.54 Å². The number of rotatable bonds is 3. The maximum atomic E-state index is 5.96. The molecule has 2 rings (SSSR count). The summed E-state index contributed by atoms with van der Waals surface area (Å²) in [7, 11) is 0. The summed E-state index contributed by atoms with van der Waals surface area (Å²) in [5.74, 6) is 0. The summed E-state index contributed by atoms with van der Waals surface area (Å²) in [5, 5.41) is 0. The van der Waals surface area contributed by atoms with Crippen LogP contribution in [0.25, 0.3) is 0 Å². The van der Waals surface area contributed by atoms with Gasteiger partial charge in [-0.15, -0.1) is 0 Å². The molecule has 1 heterocycles. The maximum absolute atomic E-state index is 5.96. The van der Waals surface area contributed by atoms with Gasteiger partial charge < -0.3 is 10.5 Å². The molecule has 1 fully saturated rings. The highest BCUT2D eigenvalue weighted by atomic mass is 79.9. The van der Waals surface area contributed by atoms with Gasteiger partial charge in [0.15, 0.2) is 0 Å². The molecule has 1 aliphatic heterocycles. The quantitative estimate of drug-likeness (QED) is 0.931. The van der Waals surface area contributed by atoms with Crippen molar-refractivity contribution in [1.29, 1.82) is 0 Å². The second kappa shape index (κ2) is 4.38. The lowest BCUT2D eigenvalue weighted by molar-refractivity contribution is -0.116. The largest absolute Gasteiger partial charge is 0.379 e. The number of hydrogen-bond donors (Lipinski definition) is 1. The number of aryl methyl sites for hydroxylation is 1. The maximum Gasteiger partial charge on any atom is 0.0591 e. The average Bonchev–Trinajstić information content (AvgIpc) is 2.21. The van der Waals surface area contributed by atoms with Crippen molar-refractivity contribution in [3.05, 3.63) is 33.8 Å². The molecule has 0 bridgehead atoms. The minimum absolute atomic E-state index is 0.0524. The highest BCUT2D eigenvalue weighted by Crippen LogP contribution is 2.48. The van der Waals surface area contributed by atoms with Gasteiger partial charge in [0.25, 0.3) is 0 Å². The van der Waals surface area contributed by atoms with Gasteiger partial charge in [-0.2, -0.15) is 0 Å². The predicted octanol–water partition coefficient (Wildman–Crippen LogP) is 3.01. The van der Waals surface area contributed by atoms with Crippen LogP contribution in [0.1, 0.15) is 25.0 Å². The van der Waals surface area contributed by atoms with Crippen LogP contribution in [0.3, 0.4) is 0 Å².